The van der Waals surface area contributed by atoms with Crippen LogP contribution in [0.1, 0.15) is 123 Å². The zero-order chi connectivity index (χ0) is 22.1. The minimum Gasteiger partial charge on any atom is -0.377 e. The molecule has 0 aliphatic heterocycles. The Bertz CT molecular complexity index is 265. The van der Waals surface area contributed by atoms with Crippen molar-refractivity contribution in [2.24, 2.45) is 5.73 Å². The average Bonchev–Trinajstić information content (AvgIpc) is 2.76. The Morgan fingerprint density at radius 2 is 0.759 bits per heavy atom. The van der Waals surface area contributed by atoms with E-state index in [-0.39, 0.29) is 0 Å². The Morgan fingerprint density at radius 1 is 0.483 bits per heavy atom. The minimum absolute atomic E-state index is 0.644. The van der Waals surface area contributed by atoms with Gasteiger partial charge in [0, 0.05) is 27.4 Å². The summed E-state index contributed by atoms with van der Waals surface area (Å²) in [7, 11) is 2.50. The normalized spacial score (nSPS) is 11.4. The molecule has 0 atom stereocenters. The van der Waals surface area contributed by atoms with Crippen molar-refractivity contribution in [1.29, 1.82) is 0 Å². The summed E-state index contributed by atoms with van der Waals surface area (Å²) in [4.78, 5) is 0. The monoisotopic (exact) mass is 433 g/mol. The summed E-state index contributed by atoms with van der Waals surface area (Å²) in [5.74, 6) is 0. The number of hydrogen-bond donors (Lipinski definition) is 1. The molecular weight excluding hydrogens is 378 g/mol. The lowest BCUT2D eigenvalue weighted by Gasteiger charge is -2.23. The zero-order valence-corrected chi connectivity index (χ0v) is 21.7. The topological polar surface area (TPSA) is 53.7 Å². The molecule has 0 bridgehead atoms. The number of nitrogens with two attached hydrogens (primary N) is 1. The largest absolute Gasteiger partial charge is 0.500 e. The van der Waals surface area contributed by atoms with E-state index in [1.54, 1.807) is 21.3 Å². The second kappa shape index (κ2) is 26.1. The van der Waals surface area contributed by atoms with Gasteiger partial charge in [-0.15, -0.1) is 0 Å². The van der Waals surface area contributed by atoms with Crippen LogP contribution < -0.4 is 5.73 Å². The van der Waals surface area contributed by atoms with Crippen LogP contribution in [0, 0.1) is 0 Å². The van der Waals surface area contributed by atoms with Crippen molar-refractivity contribution < 1.29 is 13.3 Å². The molecule has 0 saturated heterocycles. The molecule has 2 N–H and O–H groups in total. The first kappa shape index (κ1) is 31.2. The first-order chi connectivity index (χ1) is 14.2. The van der Waals surface area contributed by atoms with E-state index in [0.29, 0.717) is 6.54 Å². The average molecular weight is 434 g/mol. The lowest BCUT2D eigenvalue weighted by molar-refractivity contribution is 0.123. The lowest BCUT2D eigenvalue weighted by atomic mass is 10.0. The summed E-state index contributed by atoms with van der Waals surface area (Å²) >= 11 is 0. The van der Waals surface area contributed by atoms with E-state index >= 15 is 0 Å². The highest BCUT2D eigenvalue weighted by Gasteiger charge is 2.36. The third-order valence-electron chi connectivity index (χ3n) is 5.58. The molecule has 4 nitrogen and oxygen atoms in total. The highest BCUT2D eigenvalue weighted by atomic mass is 28.4. The van der Waals surface area contributed by atoms with Crippen molar-refractivity contribution in [3.8, 4) is 0 Å². The van der Waals surface area contributed by atoms with E-state index in [9.17, 15) is 0 Å². The van der Waals surface area contributed by atoms with Gasteiger partial charge in [0.2, 0.25) is 0 Å². The lowest BCUT2D eigenvalue weighted by Crippen LogP contribution is -2.42. The molecule has 0 aliphatic rings. The Kier molecular flexibility index (Phi) is 28.1. The summed E-state index contributed by atoms with van der Waals surface area (Å²) in [6, 6.07) is 0.785. The quantitative estimate of drug-likeness (QED) is 0.150. The van der Waals surface area contributed by atoms with Gasteiger partial charge >= 0.3 is 8.80 Å². The van der Waals surface area contributed by atoms with E-state index < -0.39 is 8.80 Å². The van der Waals surface area contributed by atoms with Crippen molar-refractivity contribution >= 4 is 8.80 Å². The third-order valence-corrected chi connectivity index (χ3v) is 8.41. The molecule has 178 valence electrons. The Hall–Kier alpha value is 0.0569. The molecule has 29 heavy (non-hydrogen) atoms. The van der Waals surface area contributed by atoms with Crippen molar-refractivity contribution in [2.75, 3.05) is 27.9 Å². The number of rotatable bonds is 21. The van der Waals surface area contributed by atoms with Crippen LogP contribution in [-0.4, -0.2) is 36.7 Å². The van der Waals surface area contributed by atoms with Crippen LogP contribution >= 0.6 is 0 Å². The Labute approximate surface area is 185 Å². The SMILES string of the molecule is CCCCCCCCCCCCCCCCCC.CO[Si](CCCN)(OC)OC. The van der Waals surface area contributed by atoms with Crippen LogP contribution in [0.2, 0.25) is 6.04 Å². The smallest absolute Gasteiger partial charge is 0.377 e. The summed E-state index contributed by atoms with van der Waals surface area (Å²) in [6.45, 7) is 5.23. The molecule has 0 heterocycles. The molecule has 0 aromatic carbocycles. The summed E-state index contributed by atoms with van der Waals surface area (Å²) in [5, 5.41) is 0. The van der Waals surface area contributed by atoms with Gasteiger partial charge < -0.3 is 19.0 Å². The van der Waals surface area contributed by atoms with E-state index in [4.69, 9.17) is 19.0 Å². The fourth-order valence-corrected chi connectivity index (χ4v) is 5.25. The zero-order valence-electron chi connectivity index (χ0n) is 20.7. The summed E-state index contributed by atoms with van der Waals surface area (Å²) < 4.78 is 15.5. The second-order valence-electron chi connectivity index (χ2n) is 8.14. The van der Waals surface area contributed by atoms with Crippen molar-refractivity contribution in [1.82, 2.24) is 0 Å². The molecule has 0 aromatic rings. The molecule has 0 spiro atoms. The van der Waals surface area contributed by atoms with E-state index in [1.807, 2.05) is 0 Å². The van der Waals surface area contributed by atoms with Crippen LogP contribution in [0.25, 0.3) is 0 Å². The van der Waals surface area contributed by atoms with Gasteiger partial charge in [-0.3, -0.25) is 0 Å². The van der Waals surface area contributed by atoms with Gasteiger partial charge in [-0.25, -0.2) is 0 Å². The molecule has 0 aromatic heterocycles. The Morgan fingerprint density at radius 3 is 0.966 bits per heavy atom. The van der Waals surface area contributed by atoms with Gasteiger partial charge in [0.05, 0.1) is 0 Å². The van der Waals surface area contributed by atoms with Gasteiger partial charge in [-0.05, 0) is 13.0 Å². The van der Waals surface area contributed by atoms with E-state index in [0.717, 1.165) is 12.5 Å². The van der Waals surface area contributed by atoms with Gasteiger partial charge in [0.25, 0.3) is 0 Å². The molecule has 0 unspecified atom stereocenters. The van der Waals surface area contributed by atoms with E-state index in [2.05, 4.69) is 13.8 Å². The fraction of sp³-hybridized carbons (Fsp3) is 1.00. The molecule has 0 radical (unpaired) electrons. The van der Waals surface area contributed by atoms with Crippen molar-refractivity contribution in [3.63, 3.8) is 0 Å². The minimum atomic E-state index is -2.32. The van der Waals surface area contributed by atoms with E-state index in [1.165, 1.54) is 103 Å². The van der Waals surface area contributed by atoms with Crippen LogP contribution in [0.15, 0.2) is 0 Å². The van der Waals surface area contributed by atoms with Crippen molar-refractivity contribution in [2.45, 2.75) is 129 Å². The predicted octanol–water partition coefficient (Wildman–Crippen LogP) is 7.48. The van der Waals surface area contributed by atoms with Crippen LogP contribution in [0.3, 0.4) is 0 Å². The molecule has 0 aliphatic carbocycles. The number of hydrogen-bond acceptors (Lipinski definition) is 4. The van der Waals surface area contributed by atoms with Crippen LogP contribution in [-0.2, 0) is 13.3 Å². The maximum absolute atomic E-state index is 5.36. The third kappa shape index (κ3) is 22.6. The number of unbranched alkanes of at least 4 members (excludes halogenated alkanes) is 15. The van der Waals surface area contributed by atoms with Gasteiger partial charge in [0.1, 0.15) is 0 Å². The maximum atomic E-state index is 5.36. The highest BCUT2D eigenvalue weighted by Crippen LogP contribution is 2.14. The fourth-order valence-electron chi connectivity index (χ4n) is 3.50. The molecule has 0 rings (SSSR count). The van der Waals surface area contributed by atoms with Crippen molar-refractivity contribution in [3.05, 3.63) is 0 Å². The van der Waals surface area contributed by atoms with Gasteiger partial charge in [0.15, 0.2) is 0 Å². The first-order valence-electron chi connectivity index (χ1n) is 12.5. The maximum Gasteiger partial charge on any atom is 0.500 e. The van der Waals surface area contributed by atoms with Crippen LogP contribution in [0.4, 0.5) is 0 Å². The molecule has 5 heteroatoms. The first-order valence-corrected chi connectivity index (χ1v) is 14.4. The predicted molar refractivity (Wildman–Crippen MR) is 130 cm³/mol. The highest BCUT2D eigenvalue weighted by molar-refractivity contribution is 6.60. The standard InChI is InChI=1S/C18H38.C6H17NO3Si/c1-3-5-7-9-11-13-15-17-18-16-14-12-10-8-6-4-2;1-8-11(9-2,10-3)6-4-5-7/h3-18H2,1-2H3;4-7H2,1-3H3. The second-order valence-corrected chi connectivity index (χ2v) is 11.2. The van der Waals surface area contributed by atoms with Gasteiger partial charge in [-0.2, -0.15) is 0 Å². The summed E-state index contributed by atoms with van der Waals surface area (Å²) in [5.41, 5.74) is 5.36. The molecule has 0 fully saturated rings. The van der Waals surface area contributed by atoms with Gasteiger partial charge in [-0.1, -0.05) is 117 Å². The van der Waals surface area contributed by atoms with Crippen LogP contribution in [0.5, 0.6) is 0 Å². The Balaban J connectivity index is 0. The molecular formula is C24H55NO3Si. The summed E-state index contributed by atoms with van der Waals surface area (Å²) in [6.07, 6.45) is 24.3. The molecule has 0 saturated carbocycles. The molecule has 0 amide bonds.